The largest absolute Gasteiger partial charge is 0.445 e. The molecule has 1 heterocycles. The zero-order chi connectivity index (χ0) is 9.84. The van der Waals surface area contributed by atoms with Crippen LogP contribution in [0.15, 0.2) is 12.7 Å². The summed E-state index contributed by atoms with van der Waals surface area (Å²) in [6, 6.07) is -0.676. The number of hydrogen-bond acceptors (Lipinski definition) is 4. The number of ether oxygens (including phenoxy) is 1. The maximum Gasteiger partial charge on any atom is 0.434 e. The number of cyclic esters (lactones) is 1. The van der Waals surface area contributed by atoms with E-state index in [0.29, 0.717) is 6.61 Å². The minimum Gasteiger partial charge on any atom is -0.445 e. The smallest absolute Gasteiger partial charge is 0.434 e. The van der Waals surface area contributed by atoms with Crippen molar-refractivity contribution in [2.75, 3.05) is 13.2 Å². The van der Waals surface area contributed by atoms with E-state index in [4.69, 9.17) is 4.84 Å². The van der Waals surface area contributed by atoms with E-state index in [0.717, 1.165) is 11.1 Å². The highest BCUT2D eigenvalue weighted by molar-refractivity contribution is 5.96. The molecule has 5 nitrogen and oxygen atoms in total. The summed E-state index contributed by atoms with van der Waals surface area (Å²) in [5, 5.41) is 0.948. The summed E-state index contributed by atoms with van der Waals surface area (Å²) in [6.07, 6.45) is 0.528. The van der Waals surface area contributed by atoms with E-state index < -0.39 is 12.1 Å². The van der Waals surface area contributed by atoms with Crippen molar-refractivity contribution in [3.05, 3.63) is 12.7 Å². The van der Waals surface area contributed by atoms with Crippen LogP contribution in [0.4, 0.5) is 4.79 Å². The average Bonchev–Trinajstić information content (AvgIpc) is 2.48. The molecule has 0 aromatic heterocycles. The molecule has 1 aliphatic heterocycles. The van der Waals surface area contributed by atoms with Gasteiger partial charge in [-0.3, -0.25) is 9.63 Å². The summed E-state index contributed by atoms with van der Waals surface area (Å²) >= 11 is 0. The van der Waals surface area contributed by atoms with E-state index in [1.165, 1.54) is 0 Å². The van der Waals surface area contributed by atoms with Gasteiger partial charge < -0.3 is 4.74 Å². The third kappa shape index (κ3) is 1.86. The maximum atomic E-state index is 11.2. The van der Waals surface area contributed by atoms with Crippen LogP contribution >= 0.6 is 0 Å². The molecular weight excluding hydrogens is 174 g/mol. The Balaban J connectivity index is 2.68. The molecule has 0 spiro atoms. The highest BCUT2D eigenvalue weighted by Gasteiger charge is 2.37. The second kappa shape index (κ2) is 4.04. The van der Waals surface area contributed by atoms with Gasteiger partial charge in [-0.05, 0) is 13.0 Å². The van der Waals surface area contributed by atoms with Crippen LogP contribution < -0.4 is 0 Å². The van der Waals surface area contributed by atoms with Crippen LogP contribution in [0.25, 0.3) is 0 Å². The molecule has 5 heteroatoms. The van der Waals surface area contributed by atoms with Crippen LogP contribution in [0.3, 0.4) is 0 Å². The quantitative estimate of drug-likeness (QED) is 0.599. The second-order valence-corrected chi connectivity index (χ2v) is 2.44. The fourth-order valence-electron chi connectivity index (χ4n) is 1.02. The SMILES string of the molecule is C=CC(=O)C1COC(=O)N1OCC. The first kappa shape index (κ1) is 9.73. The first-order valence-electron chi connectivity index (χ1n) is 3.96. The lowest BCUT2D eigenvalue weighted by Gasteiger charge is -2.16. The van der Waals surface area contributed by atoms with E-state index >= 15 is 0 Å². The van der Waals surface area contributed by atoms with E-state index in [9.17, 15) is 9.59 Å². The van der Waals surface area contributed by atoms with Gasteiger partial charge in [0.2, 0.25) is 0 Å². The fraction of sp³-hybridized carbons (Fsp3) is 0.500. The number of hydroxylamine groups is 2. The molecule has 1 rings (SSSR count). The number of carbonyl (C=O) groups excluding carboxylic acids is 2. The normalized spacial score (nSPS) is 21.5. The Hall–Kier alpha value is -1.36. The van der Waals surface area contributed by atoms with Crippen molar-refractivity contribution in [1.82, 2.24) is 5.06 Å². The van der Waals surface area contributed by atoms with Gasteiger partial charge in [0, 0.05) is 0 Å². The maximum absolute atomic E-state index is 11.2. The number of carbonyl (C=O) groups is 2. The van der Waals surface area contributed by atoms with Gasteiger partial charge in [0.1, 0.15) is 6.61 Å². The molecule has 0 saturated carbocycles. The summed E-state index contributed by atoms with van der Waals surface area (Å²) in [6.45, 7) is 5.40. The highest BCUT2D eigenvalue weighted by Crippen LogP contribution is 2.13. The average molecular weight is 185 g/mol. The van der Waals surface area contributed by atoms with Crippen molar-refractivity contribution in [2.45, 2.75) is 13.0 Å². The summed E-state index contributed by atoms with van der Waals surface area (Å²) in [7, 11) is 0. The molecule has 0 N–H and O–H groups in total. The van der Waals surface area contributed by atoms with E-state index in [1.54, 1.807) is 6.92 Å². The monoisotopic (exact) mass is 185 g/mol. The van der Waals surface area contributed by atoms with Crippen LogP contribution in [0.1, 0.15) is 6.92 Å². The van der Waals surface area contributed by atoms with Gasteiger partial charge in [-0.1, -0.05) is 6.58 Å². The molecule has 1 atom stereocenters. The number of amides is 1. The molecule has 0 aromatic rings. The molecular formula is C8H11NO4. The Bertz CT molecular complexity index is 238. The zero-order valence-corrected chi connectivity index (χ0v) is 7.36. The molecule has 1 saturated heterocycles. The van der Waals surface area contributed by atoms with E-state index in [2.05, 4.69) is 11.3 Å². The van der Waals surface area contributed by atoms with E-state index in [1.807, 2.05) is 0 Å². The Morgan fingerprint density at radius 1 is 1.92 bits per heavy atom. The Kier molecular flexibility index (Phi) is 3.02. The van der Waals surface area contributed by atoms with Gasteiger partial charge in [-0.25, -0.2) is 4.79 Å². The van der Waals surface area contributed by atoms with Gasteiger partial charge in [0.25, 0.3) is 0 Å². The first-order valence-corrected chi connectivity index (χ1v) is 3.96. The molecule has 13 heavy (non-hydrogen) atoms. The summed E-state index contributed by atoms with van der Waals surface area (Å²) < 4.78 is 4.65. The number of rotatable bonds is 4. The second-order valence-electron chi connectivity index (χ2n) is 2.44. The van der Waals surface area contributed by atoms with Gasteiger partial charge in [-0.15, -0.1) is 0 Å². The summed E-state index contributed by atoms with van der Waals surface area (Å²) in [5.74, 6) is -0.278. The third-order valence-corrected chi connectivity index (χ3v) is 1.63. The molecule has 0 radical (unpaired) electrons. The molecule has 1 fully saturated rings. The minimum atomic E-state index is -0.676. The Labute approximate surface area is 75.9 Å². The van der Waals surface area contributed by atoms with Crippen LogP contribution in [-0.2, 0) is 14.4 Å². The van der Waals surface area contributed by atoms with Crippen LogP contribution in [0.5, 0.6) is 0 Å². The predicted molar refractivity (Wildman–Crippen MR) is 43.8 cm³/mol. The zero-order valence-electron chi connectivity index (χ0n) is 7.36. The summed E-state index contributed by atoms with van der Waals surface area (Å²) in [4.78, 5) is 27.1. The highest BCUT2D eigenvalue weighted by atomic mass is 16.7. The number of nitrogens with zero attached hydrogens (tertiary/aromatic N) is 1. The topological polar surface area (TPSA) is 55.8 Å². The molecule has 1 aliphatic rings. The van der Waals surface area contributed by atoms with Crippen molar-refractivity contribution in [3.63, 3.8) is 0 Å². The minimum absolute atomic E-state index is 0.0314. The van der Waals surface area contributed by atoms with Gasteiger partial charge in [-0.2, -0.15) is 5.06 Å². The molecule has 72 valence electrons. The van der Waals surface area contributed by atoms with Crippen molar-refractivity contribution in [3.8, 4) is 0 Å². The lowest BCUT2D eigenvalue weighted by Crippen LogP contribution is -2.38. The van der Waals surface area contributed by atoms with Crippen molar-refractivity contribution >= 4 is 11.9 Å². The Morgan fingerprint density at radius 3 is 3.15 bits per heavy atom. The van der Waals surface area contributed by atoms with E-state index in [-0.39, 0.29) is 12.4 Å². The van der Waals surface area contributed by atoms with Crippen molar-refractivity contribution in [1.29, 1.82) is 0 Å². The lowest BCUT2D eigenvalue weighted by molar-refractivity contribution is -0.145. The van der Waals surface area contributed by atoms with Gasteiger partial charge in [0.15, 0.2) is 11.8 Å². The van der Waals surface area contributed by atoms with Gasteiger partial charge >= 0.3 is 6.09 Å². The van der Waals surface area contributed by atoms with Crippen LogP contribution in [0.2, 0.25) is 0 Å². The van der Waals surface area contributed by atoms with Crippen molar-refractivity contribution in [2.24, 2.45) is 0 Å². The lowest BCUT2D eigenvalue weighted by atomic mass is 10.2. The third-order valence-electron chi connectivity index (χ3n) is 1.63. The predicted octanol–water partition coefficient (Wildman–Crippen LogP) is 0.514. The Morgan fingerprint density at radius 2 is 2.62 bits per heavy atom. The summed E-state index contributed by atoms with van der Waals surface area (Å²) in [5.41, 5.74) is 0. The molecule has 0 aliphatic carbocycles. The van der Waals surface area contributed by atoms with Gasteiger partial charge in [0.05, 0.1) is 6.61 Å². The van der Waals surface area contributed by atoms with Crippen molar-refractivity contribution < 1.29 is 19.2 Å². The fourth-order valence-corrected chi connectivity index (χ4v) is 1.02. The molecule has 1 amide bonds. The number of hydrogen-bond donors (Lipinski definition) is 0. The van der Waals surface area contributed by atoms with Crippen LogP contribution in [0, 0.1) is 0 Å². The van der Waals surface area contributed by atoms with Crippen LogP contribution in [-0.4, -0.2) is 36.2 Å². The number of ketones is 1. The first-order chi connectivity index (χ1) is 6.20. The molecule has 1 unspecified atom stereocenters. The molecule has 0 aromatic carbocycles. The standard InChI is InChI=1S/C8H11NO4/c1-3-7(10)6-5-12-8(11)9(6)13-4-2/h3,6H,1,4-5H2,2H3. The molecule has 0 bridgehead atoms.